The molecule has 50 heavy (non-hydrogen) atoms. The molecule has 3 nitrogen and oxygen atoms in total. The lowest BCUT2D eigenvalue weighted by atomic mass is 9.78. The van der Waals surface area contributed by atoms with Crippen LogP contribution in [0.15, 0.2) is 164 Å². The Morgan fingerprint density at radius 2 is 1.14 bits per heavy atom. The molecule has 9 aromatic rings. The van der Waals surface area contributed by atoms with E-state index in [9.17, 15) is 0 Å². The van der Waals surface area contributed by atoms with Gasteiger partial charge in [0.2, 0.25) is 0 Å². The Morgan fingerprint density at radius 3 is 1.94 bits per heavy atom. The van der Waals surface area contributed by atoms with Gasteiger partial charge in [0.05, 0.1) is 22.2 Å². The molecule has 0 spiro atoms. The van der Waals surface area contributed by atoms with Crippen molar-refractivity contribution in [3.8, 4) is 50.6 Å². The second kappa shape index (κ2) is 10.8. The van der Waals surface area contributed by atoms with Crippen molar-refractivity contribution >= 4 is 32.7 Å². The van der Waals surface area contributed by atoms with Crippen LogP contribution < -0.4 is 0 Å². The van der Waals surface area contributed by atoms with E-state index < -0.39 is 0 Å². The Morgan fingerprint density at radius 1 is 0.500 bits per heavy atom. The fourth-order valence-corrected chi connectivity index (χ4v) is 8.20. The predicted molar refractivity (Wildman–Crippen MR) is 208 cm³/mol. The Hall–Kier alpha value is -6.32. The van der Waals surface area contributed by atoms with E-state index in [4.69, 9.17) is 9.97 Å². The quantitative estimate of drug-likeness (QED) is 0.179. The summed E-state index contributed by atoms with van der Waals surface area (Å²) in [5.41, 5.74) is 14.9. The highest BCUT2D eigenvalue weighted by molar-refractivity contribution is 6.15. The predicted octanol–water partition coefficient (Wildman–Crippen LogP) is 12.0. The standard InChI is InChI=1S/C47H33N3/c1-47(2)38-17-9-8-16-37(38)45-44(47)42(43-36-15-7-6-12-32(36)28-29-40(43)48-45)33-24-20-30(21-25-33)31-22-26-34(27-23-31)46-49-39-18-10-11-19-41(39)50(46)35-13-4-3-5-14-35/h3-29H,1-2H3. The van der Waals surface area contributed by atoms with Crippen LogP contribution in [0.3, 0.4) is 0 Å². The molecular weight excluding hydrogens is 607 g/mol. The summed E-state index contributed by atoms with van der Waals surface area (Å²) in [5.74, 6) is 0.938. The Kier molecular flexibility index (Phi) is 6.22. The molecule has 10 rings (SSSR count). The van der Waals surface area contributed by atoms with Crippen LogP contribution >= 0.6 is 0 Å². The number of rotatable bonds is 4. The highest BCUT2D eigenvalue weighted by atomic mass is 15.1. The number of para-hydroxylation sites is 3. The molecule has 1 aliphatic carbocycles. The van der Waals surface area contributed by atoms with Crippen LogP contribution in [0.2, 0.25) is 0 Å². The molecule has 2 heterocycles. The van der Waals surface area contributed by atoms with Crippen molar-refractivity contribution in [2.75, 3.05) is 0 Å². The summed E-state index contributed by atoms with van der Waals surface area (Å²) >= 11 is 0. The van der Waals surface area contributed by atoms with Gasteiger partial charge in [-0.25, -0.2) is 9.97 Å². The average Bonchev–Trinajstić information content (AvgIpc) is 3.67. The third-order valence-electron chi connectivity index (χ3n) is 10.6. The zero-order valence-electron chi connectivity index (χ0n) is 27.9. The fraction of sp³-hybridized carbons (Fsp3) is 0.0638. The van der Waals surface area contributed by atoms with Gasteiger partial charge in [-0.15, -0.1) is 0 Å². The van der Waals surface area contributed by atoms with Gasteiger partial charge in [-0.3, -0.25) is 4.57 Å². The largest absolute Gasteiger partial charge is 0.292 e. The van der Waals surface area contributed by atoms with Gasteiger partial charge in [-0.05, 0) is 74.5 Å². The molecule has 0 fully saturated rings. The lowest BCUT2D eigenvalue weighted by Crippen LogP contribution is -2.16. The summed E-state index contributed by atoms with van der Waals surface area (Å²) in [6, 6.07) is 58.6. The number of hydrogen-bond donors (Lipinski definition) is 0. The monoisotopic (exact) mass is 639 g/mol. The molecular formula is C47H33N3. The number of hydrogen-bond acceptors (Lipinski definition) is 2. The zero-order chi connectivity index (χ0) is 33.4. The molecule has 0 atom stereocenters. The van der Waals surface area contributed by atoms with Gasteiger partial charge in [0.1, 0.15) is 5.82 Å². The van der Waals surface area contributed by atoms with Gasteiger partial charge in [-0.1, -0.05) is 147 Å². The maximum Gasteiger partial charge on any atom is 0.145 e. The lowest BCUT2D eigenvalue weighted by Gasteiger charge is -2.25. The summed E-state index contributed by atoms with van der Waals surface area (Å²) < 4.78 is 2.25. The molecule has 0 unspecified atom stereocenters. The maximum absolute atomic E-state index is 5.36. The molecule has 0 saturated carbocycles. The van der Waals surface area contributed by atoms with Crippen molar-refractivity contribution in [2.24, 2.45) is 0 Å². The van der Waals surface area contributed by atoms with Crippen molar-refractivity contribution in [3.05, 3.63) is 175 Å². The fourth-order valence-electron chi connectivity index (χ4n) is 8.20. The molecule has 7 aromatic carbocycles. The molecule has 0 bridgehead atoms. The van der Waals surface area contributed by atoms with Crippen molar-refractivity contribution < 1.29 is 0 Å². The highest BCUT2D eigenvalue weighted by Gasteiger charge is 2.39. The number of fused-ring (bicyclic) bond motifs is 7. The van der Waals surface area contributed by atoms with Crippen LogP contribution in [-0.2, 0) is 5.41 Å². The first kappa shape index (κ1) is 28.7. The summed E-state index contributed by atoms with van der Waals surface area (Å²) in [4.78, 5) is 10.4. The average molecular weight is 640 g/mol. The summed E-state index contributed by atoms with van der Waals surface area (Å²) in [6.07, 6.45) is 0. The zero-order valence-corrected chi connectivity index (χ0v) is 27.9. The summed E-state index contributed by atoms with van der Waals surface area (Å²) in [6.45, 7) is 4.70. The van der Waals surface area contributed by atoms with E-state index in [0.717, 1.165) is 39.3 Å². The first-order chi connectivity index (χ1) is 24.6. The first-order valence-electron chi connectivity index (χ1n) is 17.3. The normalized spacial score (nSPS) is 13.2. The van der Waals surface area contributed by atoms with E-state index in [1.54, 1.807) is 0 Å². The minimum Gasteiger partial charge on any atom is -0.292 e. The van der Waals surface area contributed by atoms with Gasteiger partial charge in [-0.2, -0.15) is 0 Å². The van der Waals surface area contributed by atoms with Gasteiger partial charge < -0.3 is 0 Å². The Labute approximate surface area is 291 Å². The Balaban J connectivity index is 1.10. The minimum absolute atomic E-state index is 0.190. The number of nitrogens with zero attached hydrogens (tertiary/aromatic N) is 3. The van der Waals surface area contributed by atoms with E-state index >= 15 is 0 Å². The molecule has 0 saturated heterocycles. The molecule has 236 valence electrons. The van der Waals surface area contributed by atoms with Crippen molar-refractivity contribution in [1.29, 1.82) is 0 Å². The number of benzene rings is 7. The summed E-state index contributed by atoms with van der Waals surface area (Å²) in [7, 11) is 0. The Bertz CT molecular complexity index is 2750. The second-order valence-corrected chi connectivity index (χ2v) is 13.8. The topological polar surface area (TPSA) is 30.7 Å². The van der Waals surface area contributed by atoms with E-state index in [1.165, 1.54) is 55.1 Å². The van der Waals surface area contributed by atoms with Crippen molar-refractivity contribution in [3.63, 3.8) is 0 Å². The third kappa shape index (κ3) is 4.23. The SMILES string of the molecule is CC1(C)c2ccccc2-c2nc3ccc4ccccc4c3c(-c3ccc(-c4ccc(-c5nc6ccccc6n5-c5ccccc5)cc4)cc3)c21. The van der Waals surface area contributed by atoms with E-state index in [-0.39, 0.29) is 5.41 Å². The molecule has 0 radical (unpaired) electrons. The van der Waals surface area contributed by atoms with Crippen LogP contribution in [0.1, 0.15) is 25.0 Å². The number of imidazole rings is 1. The van der Waals surface area contributed by atoms with Crippen LogP contribution in [0, 0.1) is 0 Å². The van der Waals surface area contributed by atoms with Crippen molar-refractivity contribution in [1.82, 2.24) is 14.5 Å². The van der Waals surface area contributed by atoms with Crippen molar-refractivity contribution in [2.45, 2.75) is 19.3 Å². The number of pyridine rings is 1. The molecule has 1 aliphatic rings. The van der Waals surface area contributed by atoms with Gasteiger partial charge in [0.25, 0.3) is 0 Å². The third-order valence-corrected chi connectivity index (χ3v) is 10.6. The maximum atomic E-state index is 5.36. The van der Waals surface area contributed by atoms with Crippen LogP contribution in [0.4, 0.5) is 0 Å². The van der Waals surface area contributed by atoms with Gasteiger partial charge in [0.15, 0.2) is 0 Å². The second-order valence-electron chi connectivity index (χ2n) is 13.8. The molecule has 0 N–H and O–H groups in total. The van der Waals surface area contributed by atoms with Crippen LogP contribution in [0.5, 0.6) is 0 Å². The number of aromatic nitrogens is 3. The molecule has 0 aliphatic heterocycles. The molecule has 3 heteroatoms. The van der Waals surface area contributed by atoms with Crippen LogP contribution in [0.25, 0.3) is 83.3 Å². The molecule has 2 aromatic heterocycles. The minimum atomic E-state index is -0.190. The molecule has 0 amide bonds. The smallest absolute Gasteiger partial charge is 0.145 e. The summed E-state index contributed by atoms with van der Waals surface area (Å²) in [5, 5.41) is 3.69. The lowest BCUT2D eigenvalue weighted by molar-refractivity contribution is 0.662. The van der Waals surface area contributed by atoms with E-state index in [2.05, 4.69) is 176 Å². The van der Waals surface area contributed by atoms with Crippen LogP contribution in [-0.4, -0.2) is 14.5 Å². The van der Waals surface area contributed by atoms with E-state index in [1.807, 2.05) is 6.07 Å². The highest BCUT2D eigenvalue weighted by Crippen LogP contribution is 2.54. The van der Waals surface area contributed by atoms with Gasteiger partial charge in [0, 0.05) is 27.6 Å². The first-order valence-corrected chi connectivity index (χ1v) is 17.3. The van der Waals surface area contributed by atoms with E-state index in [0.29, 0.717) is 0 Å². The van der Waals surface area contributed by atoms with Gasteiger partial charge >= 0.3 is 0 Å².